The van der Waals surface area contributed by atoms with Crippen molar-refractivity contribution in [3.8, 4) is 0 Å². The van der Waals surface area contributed by atoms with Gasteiger partial charge in [-0.3, -0.25) is 14.8 Å². The first-order chi connectivity index (χ1) is 9.15. The third-order valence-electron chi connectivity index (χ3n) is 2.44. The lowest BCUT2D eigenvalue weighted by Crippen LogP contribution is -2.12. The summed E-state index contributed by atoms with van der Waals surface area (Å²) in [5, 5.41) is 4.02. The molecule has 0 unspecified atom stereocenters. The maximum absolute atomic E-state index is 11.5. The summed E-state index contributed by atoms with van der Waals surface area (Å²) in [6, 6.07) is 5.14. The molecule has 2 rings (SSSR count). The normalized spacial score (nSPS) is 11.1. The Hall–Kier alpha value is -2.50. The van der Waals surface area contributed by atoms with Gasteiger partial charge in [-0.1, -0.05) is 13.8 Å². The topological polar surface area (TPSA) is 83.0 Å². The van der Waals surface area contributed by atoms with E-state index < -0.39 is 0 Å². The van der Waals surface area contributed by atoms with E-state index in [1.54, 1.807) is 18.6 Å². The zero-order valence-electron chi connectivity index (χ0n) is 10.8. The number of aromatic amines is 1. The van der Waals surface area contributed by atoms with Gasteiger partial charge < -0.3 is 0 Å². The molecule has 0 amide bonds. The highest BCUT2D eigenvalue weighted by molar-refractivity contribution is 5.79. The van der Waals surface area contributed by atoms with Crippen LogP contribution in [-0.2, 0) is 0 Å². The Morgan fingerprint density at radius 2 is 2.11 bits per heavy atom. The number of nitrogens with zero attached hydrogens (tertiary/aromatic N) is 3. The van der Waals surface area contributed by atoms with Crippen molar-refractivity contribution in [3.05, 3.63) is 52.2 Å². The molecule has 0 saturated carbocycles. The highest BCUT2D eigenvalue weighted by Crippen LogP contribution is 2.09. The van der Waals surface area contributed by atoms with Crippen LogP contribution in [0.4, 0.5) is 5.95 Å². The largest absolute Gasteiger partial charge is 0.291 e. The van der Waals surface area contributed by atoms with Gasteiger partial charge in [0.15, 0.2) is 0 Å². The maximum atomic E-state index is 11.5. The van der Waals surface area contributed by atoms with Crippen molar-refractivity contribution in [1.29, 1.82) is 0 Å². The number of H-pyrrole nitrogens is 1. The van der Waals surface area contributed by atoms with Crippen LogP contribution in [0.15, 0.2) is 40.5 Å². The van der Waals surface area contributed by atoms with Crippen molar-refractivity contribution in [3.63, 3.8) is 0 Å². The third-order valence-corrected chi connectivity index (χ3v) is 2.44. The smallest absolute Gasteiger partial charge is 0.252 e. The zero-order chi connectivity index (χ0) is 13.7. The Balaban J connectivity index is 2.12. The third kappa shape index (κ3) is 3.74. The lowest BCUT2D eigenvalue weighted by molar-refractivity contribution is 0.810. The van der Waals surface area contributed by atoms with Gasteiger partial charge in [-0.05, 0) is 23.6 Å². The van der Waals surface area contributed by atoms with E-state index in [0.29, 0.717) is 5.95 Å². The average Bonchev–Trinajstić information content (AvgIpc) is 2.39. The van der Waals surface area contributed by atoms with Crippen LogP contribution < -0.4 is 11.0 Å². The lowest BCUT2D eigenvalue weighted by atomic mass is 10.1. The molecule has 0 fully saturated rings. The number of hydrogen-bond acceptors (Lipinski definition) is 5. The van der Waals surface area contributed by atoms with E-state index in [9.17, 15) is 4.79 Å². The van der Waals surface area contributed by atoms with Crippen LogP contribution in [0.3, 0.4) is 0 Å². The number of hydrogen-bond donors (Lipinski definition) is 2. The molecule has 0 atom stereocenters. The fraction of sp³-hybridized carbons (Fsp3) is 0.231. The fourth-order valence-electron chi connectivity index (χ4n) is 1.44. The Morgan fingerprint density at radius 3 is 2.79 bits per heavy atom. The molecule has 0 aliphatic carbocycles. The molecule has 0 aliphatic heterocycles. The Labute approximate surface area is 110 Å². The van der Waals surface area contributed by atoms with Gasteiger partial charge in [-0.15, -0.1) is 0 Å². The quantitative estimate of drug-likeness (QED) is 0.645. The maximum Gasteiger partial charge on any atom is 0.252 e. The summed E-state index contributed by atoms with van der Waals surface area (Å²) in [4.78, 5) is 22.2. The van der Waals surface area contributed by atoms with Crippen LogP contribution in [0, 0.1) is 0 Å². The van der Waals surface area contributed by atoms with Crippen molar-refractivity contribution < 1.29 is 0 Å². The molecule has 0 saturated heterocycles. The number of hydrazone groups is 1. The first-order valence-corrected chi connectivity index (χ1v) is 5.95. The highest BCUT2D eigenvalue weighted by Gasteiger charge is 2.04. The second-order valence-electron chi connectivity index (χ2n) is 4.32. The standard InChI is InChI=1S/C13H15N5O/c1-9(2)11-7-12(19)17-13(16-11)18-15-8-10-3-5-14-6-4-10/h3-9H,1-2H3,(H2,16,17,18,19)/b15-8-. The van der Waals surface area contributed by atoms with E-state index in [4.69, 9.17) is 0 Å². The fourth-order valence-corrected chi connectivity index (χ4v) is 1.44. The molecule has 6 heteroatoms. The van der Waals surface area contributed by atoms with Crippen LogP contribution in [0.25, 0.3) is 0 Å². The van der Waals surface area contributed by atoms with Gasteiger partial charge in [0.1, 0.15) is 0 Å². The van der Waals surface area contributed by atoms with Gasteiger partial charge in [0, 0.05) is 18.5 Å². The predicted octanol–water partition coefficient (Wildman–Crippen LogP) is 1.73. The first-order valence-electron chi connectivity index (χ1n) is 5.95. The van der Waals surface area contributed by atoms with Crippen molar-refractivity contribution in [2.24, 2.45) is 5.10 Å². The van der Waals surface area contributed by atoms with Gasteiger partial charge >= 0.3 is 0 Å². The molecule has 0 spiro atoms. The van der Waals surface area contributed by atoms with Gasteiger partial charge in [-0.2, -0.15) is 5.10 Å². The van der Waals surface area contributed by atoms with Crippen molar-refractivity contribution in [2.45, 2.75) is 19.8 Å². The first kappa shape index (κ1) is 12.9. The molecule has 2 heterocycles. The minimum absolute atomic E-state index is 0.187. The number of nitrogens with one attached hydrogen (secondary N) is 2. The number of aromatic nitrogens is 3. The van der Waals surface area contributed by atoms with Gasteiger partial charge in [0.05, 0.1) is 11.9 Å². The molecule has 2 aromatic heterocycles. The van der Waals surface area contributed by atoms with E-state index in [2.05, 4.69) is 25.5 Å². The molecule has 0 aliphatic rings. The molecule has 2 aromatic rings. The van der Waals surface area contributed by atoms with Crippen molar-refractivity contribution >= 4 is 12.2 Å². The summed E-state index contributed by atoms with van der Waals surface area (Å²) >= 11 is 0. The molecule has 0 bridgehead atoms. The Bertz CT molecular complexity index is 618. The van der Waals surface area contributed by atoms with Crippen LogP contribution in [0.5, 0.6) is 0 Å². The van der Waals surface area contributed by atoms with Crippen LogP contribution >= 0.6 is 0 Å². The molecule has 2 N–H and O–H groups in total. The summed E-state index contributed by atoms with van der Waals surface area (Å²) in [7, 11) is 0. The summed E-state index contributed by atoms with van der Waals surface area (Å²) in [5.41, 5.74) is 4.15. The highest BCUT2D eigenvalue weighted by atomic mass is 16.1. The van der Waals surface area contributed by atoms with Crippen molar-refractivity contribution in [2.75, 3.05) is 5.43 Å². The van der Waals surface area contributed by atoms with E-state index >= 15 is 0 Å². The molecular formula is C13H15N5O. The van der Waals surface area contributed by atoms with Crippen LogP contribution in [-0.4, -0.2) is 21.2 Å². The molecule has 0 aromatic carbocycles. The number of pyridine rings is 1. The van der Waals surface area contributed by atoms with E-state index in [1.165, 1.54) is 6.07 Å². The molecule has 6 nitrogen and oxygen atoms in total. The molecule has 98 valence electrons. The van der Waals surface area contributed by atoms with Crippen LogP contribution in [0.2, 0.25) is 0 Å². The zero-order valence-corrected chi connectivity index (χ0v) is 10.8. The minimum Gasteiger partial charge on any atom is -0.291 e. The molecule has 19 heavy (non-hydrogen) atoms. The SMILES string of the molecule is CC(C)c1cc(=O)[nH]c(N/N=C\c2ccncc2)n1. The summed E-state index contributed by atoms with van der Waals surface area (Å²) in [6.45, 7) is 3.96. The van der Waals surface area contributed by atoms with Gasteiger partial charge in [0.25, 0.3) is 5.56 Å². The second kappa shape index (κ2) is 5.90. The summed E-state index contributed by atoms with van der Waals surface area (Å²) < 4.78 is 0. The number of rotatable bonds is 4. The minimum atomic E-state index is -0.194. The lowest BCUT2D eigenvalue weighted by Gasteiger charge is -2.05. The van der Waals surface area contributed by atoms with Crippen molar-refractivity contribution in [1.82, 2.24) is 15.0 Å². The Kier molecular flexibility index (Phi) is 4.02. The average molecular weight is 257 g/mol. The van der Waals surface area contributed by atoms with Gasteiger partial charge in [0.2, 0.25) is 5.95 Å². The van der Waals surface area contributed by atoms with E-state index in [-0.39, 0.29) is 11.5 Å². The summed E-state index contributed by atoms with van der Waals surface area (Å²) in [6.07, 6.45) is 4.99. The molecular weight excluding hydrogens is 242 g/mol. The predicted molar refractivity (Wildman–Crippen MR) is 74.4 cm³/mol. The van der Waals surface area contributed by atoms with Crippen LogP contribution in [0.1, 0.15) is 31.0 Å². The Morgan fingerprint density at radius 1 is 1.37 bits per heavy atom. The second-order valence-corrected chi connectivity index (χ2v) is 4.32. The van der Waals surface area contributed by atoms with E-state index in [1.807, 2.05) is 26.0 Å². The number of anilines is 1. The van der Waals surface area contributed by atoms with E-state index in [0.717, 1.165) is 11.3 Å². The van der Waals surface area contributed by atoms with Gasteiger partial charge in [-0.25, -0.2) is 10.4 Å². The summed E-state index contributed by atoms with van der Waals surface area (Å²) in [5.74, 6) is 0.522. The molecule has 0 radical (unpaired) electrons. The monoisotopic (exact) mass is 257 g/mol.